The van der Waals surface area contributed by atoms with Crippen LogP contribution in [-0.4, -0.2) is 45.2 Å². The van der Waals surface area contributed by atoms with Gasteiger partial charge >= 0.3 is 0 Å². The second-order valence-electron chi connectivity index (χ2n) is 2.11. The number of hydrazine groups is 1. The first-order valence-electron chi connectivity index (χ1n) is 3.39. The lowest BCUT2D eigenvalue weighted by molar-refractivity contribution is 0.182. The maximum Gasteiger partial charge on any atom is 0.207 e. The monoisotopic (exact) mass is 160 g/mol. The number of nitrogens with zero attached hydrogens (tertiary/aromatic N) is 2. The van der Waals surface area contributed by atoms with Gasteiger partial charge in [-0.25, -0.2) is 5.84 Å². The Morgan fingerprint density at radius 1 is 1.73 bits per heavy atom. The van der Waals surface area contributed by atoms with E-state index in [9.17, 15) is 0 Å². The summed E-state index contributed by atoms with van der Waals surface area (Å²) in [7, 11) is 5.23. The molecule has 0 bridgehead atoms. The molecule has 0 aromatic heterocycles. The Kier molecular flexibility index (Phi) is 5.50. The standard InChI is InChI=1S/C6H16N4O/c1-8-6(9-7)10(2)4-5-11-3/h4-5,7H2,1-3H3,(H,8,9). The van der Waals surface area contributed by atoms with Crippen molar-refractivity contribution in [2.75, 3.05) is 34.4 Å². The predicted molar refractivity (Wildman–Crippen MR) is 45.2 cm³/mol. The van der Waals surface area contributed by atoms with Crippen LogP contribution in [0.3, 0.4) is 0 Å². The first kappa shape index (κ1) is 10.2. The number of ether oxygens (including phenoxy) is 1. The van der Waals surface area contributed by atoms with Gasteiger partial charge in [0.1, 0.15) is 0 Å². The smallest absolute Gasteiger partial charge is 0.207 e. The van der Waals surface area contributed by atoms with E-state index in [4.69, 9.17) is 10.6 Å². The summed E-state index contributed by atoms with van der Waals surface area (Å²) in [5, 5.41) is 0. The van der Waals surface area contributed by atoms with Crippen LogP contribution in [-0.2, 0) is 4.74 Å². The van der Waals surface area contributed by atoms with Gasteiger partial charge in [-0.3, -0.25) is 10.4 Å². The first-order valence-corrected chi connectivity index (χ1v) is 3.39. The van der Waals surface area contributed by atoms with Gasteiger partial charge in [-0.2, -0.15) is 0 Å². The third-order valence-electron chi connectivity index (χ3n) is 1.33. The molecule has 0 saturated heterocycles. The van der Waals surface area contributed by atoms with Crippen LogP contribution in [0.2, 0.25) is 0 Å². The SMILES string of the molecule is CN=C(NN)N(C)CCOC. The number of nitrogens with one attached hydrogen (secondary N) is 1. The van der Waals surface area contributed by atoms with Gasteiger partial charge in [-0.1, -0.05) is 0 Å². The Hall–Kier alpha value is -0.810. The summed E-state index contributed by atoms with van der Waals surface area (Å²) in [6, 6.07) is 0. The molecule has 11 heavy (non-hydrogen) atoms. The fourth-order valence-electron chi connectivity index (χ4n) is 0.680. The van der Waals surface area contributed by atoms with Gasteiger partial charge in [0.05, 0.1) is 6.61 Å². The van der Waals surface area contributed by atoms with E-state index in [0.717, 1.165) is 6.54 Å². The zero-order chi connectivity index (χ0) is 8.69. The summed E-state index contributed by atoms with van der Waals surface area (Å²) < 4.78 is 4.89. The molecule has 0 rings (SSSR count). The molecule has 0 radical (unpaired) electrons. The van der Waals surface area contributed by atoms with Crippen LogP contribution >= 0.6 is 0 Å². The molecule has 66 valence electrons. The van der Waals surface area contributed by atoms with E-state index in [2.05, 4.69) is 10.4 Å². The molecular weight excluding hydrogens is 144 g/mol. The number of likely N-dealkylation sites (N-methyl/N-ethyl adjacent to an activating group) is 1. The highest BCUT2D eigenvalue weighted by Gasteiger charge is 2.01. The van der Waals surface area contributed by atoms with E-state index < -0.39 is 0 Å². The second kappa shape index (κ2) is 5.94. The van der Waals surface area contributed by atoms with Crippen LogP contribution < -0.4 is 11.3 Å². The summed E-state index contributed by atoms with van der Waals surface area (Å²) in [4.78, 5) is 5.79. The maximum absolute atomic E-state index is 5.19. The Balaban J connectivity index is 3.70. The topological polar surface area (TPSA) is 62.9 Å². The fraction of sp³-hybridized carbons (Fsp3) is 0.833. The van der Waals surface area contributed by atoms with E-state index in [0.29, 0.717) is 12.6 Å². The molecule has 3 N–H and O–H groups in total. The van der Waals surface area contributed by atoms with Gasteiger partial charge in [0.25, 0.3) is 0 Å². The molecule has 0 aromatic carbocycles. The number of rotatable bonds is 3. The van der Waals surface area contributed by atoms with Gasteiger partial charge in [0, 0.05) is 27.7 Å². The van der Waals surface area contributed by atoms with Crippen molar-refractivity contribution in [1.29, 1.82) is 0 Å². The number of aliphatic imine (C=N–C) groups is 1. The van der Waals surface area contributed by atoms with Crippen molar-refractivity contribution in [2.24, 2.45) is 10.8 Å². The molecule has 5 nitrogen and oxygen atoms in total. The zero-order valence-corrected chi connectivity index (χ0v) is 7.29. The van der Waals surface area contributed by atoms with E-state index in [-0.39, 0.29) is 0 Å². The highest BCUT2D eigenvalue weighted by molar-refractivity contribution is 5.78. The van der Waals surface area contributed by atoms with Crippen molar-refractivity contribution in [3.63, 3.8) is 0 Å². The van der Waals surface area contributed by atoms with Crippen molar-refractivity contribution >= 4 is 5.96 Å². The van der Waals surface area contributed by atoms with E-state index in [1.54, 1.807) is 14.2 Å². The van der Waals surface area contributed by atoms with E-state index >= 15 is 0 Å². The van der Waals surface area contributed by atoms with Crippen molar-refractivity contribution in [3.8, 4) is 0 Å². The first-order chi connectivity index (χ1) is 5.26. The average Bonchev–Trinajstić information content (AvgIpc) is 2.03. The minimum Gasteiger partial charge on any atom is -0.383 e. The van der Waals surface area contributed by atoms with E-state index in [1.165, 1.54) is 0 Å². The number of methoxy groups -OCH3 is 1. The van der Waals surface area contributed by atoms with Gasteiger partial charge in [-0.05, 0) is 0 Å². The lowest BCUT2D eigenvalue weighted by atomic mass is 10.6. The Labute approximate surface area is 67.2 Å². The van der Waals surface area contributed by atoms with Crippen LogP contribution in [0.5, 0.6) is 0 Å². The molecular formula is C6H16N4O. The van der Waals surface area contributed by atoms with Gasteiger partial charge in [0.2, 0.25) is 5.96 Å². The Bertz CT molecular complexity index is 126. The lowest BCUT2D eigenvalue weighted by Gasteiger charge is -2.19. The molecule has 0 fully saturated rings. The normalized spacial score (nSPS) is 11.5. The van der Waals surface area contributed by atoms with Crippen LogP contribution in [0.4, 0.5) is 0 Å². The average molecular weight is 160 g/mol. The maximum atomic E-state index is 5.19. The number of guanidine groups is 1. The number of nitrogens with two attached hydrogens (primary N) is 1. The molecule has 0 aromatic rings. The van der Waals surface area contributed by atoms with Gasteiger partial charge in [-0.15, -0.1) is 0 Å². The predicted octanol–water partition coefficient (Wildman–Crippen LogP) is -0.986. The van der Waals surface area contributed by atoms with Gasteiger partial charge < -0.3 is 9.64 Å². The molecule has 0 heterocycles. The fourth-order valence-corrected chi connectivity index (χ4v) is 0.680. The number of hydrogen-bond acceptors (Lipinski definition) is 3. The third-order valence-corrected chi connectivity index (χ3v) is 1.33. The largest absolute Gasteiger partial charge is 0.383 e. The number of hydrogen-bond donors (Lipinski definition) is 2. The zero-order valence-electron chi connectivity index (χ0n) is 7.29. The lowest BCUT2D eigenvalue weighted by Crippen LogP contribution is -2.43. The van der Waals surface area contributed by atoms with Crippen LogP contribution in [0.15, 0.2) is 4.99 Å². The van der Waals surface area contributed by atoms with Crippen molar-refractivity contribution in [3.05, 3.63) is 0 Å². The van der Waals surface area contributed by atoms with Crippen molar-refractivity contribution in [2.45, 2.75) is 0 Å². The van der Waals surface area contributed by atoms with Crippen LogP contribution in [0, 0.1) is 0 Å². The summed E-state index contributed by atoms with van der Waals surface area (Å²) in [5.41, 5.74) is 2.48. The molecule has 0 aliphatic carbocycles. The third kappa shape index (κ3) is 3.79. The summed E-state index contributed by atoms with van der Waals surface area (Å²) in [5.74, 6) is 5.85. The highest BCUT2D eigenvalue weighted by atomic mass is 16.5. The van der Waals surface area contributed by atoms with Crippen molar-refractivity contribution < 1.29 is 4.74 Å². The molecule has 0 atom stereocenters. The summed E-state index contributed by atoms with van der Waals surface area (Å²) in [6.45, 7) is 1.44. The molecule has 5 heteroatoms. The van der Waals surface area contributed by atoms with Crippen LogP contribution in [0.1, 0.15) is 0 Å². The van der Waals surface area contributed by atoms with Crippen molar-refractivity contribution in [1.82, 2.24) is 10.3 Å². The molecule has 0 saturated carbocycles. The minimum absolute atomic E-state index is 0.655. The molecule has 0 unspecified atom stereocenters. The second-order valence-corrected chi connectivity index (χ2v) is 2.11. The van der Waals surface area contributed by atoms with Crippen LogP contribution in [0.25, 0.3) is 0 Å². The molecule has 0 spiro atoms. The molecule has 0 aliphatic heterocycles. The molecule has 0 amide bonds. The Morgan fingerprint density at radius 3 is 2.73 bits per heavy atom. The Morgan fingerprint density at radius 2 is 2.36 bits per heavy atom. The molecule has 0 aliphatic rings. The minimum atomic E-state index is 0.655. The highest BCUT2D eigenvalue weighted by Crippen LogP contribution is 1.82. The quantitative estimate of drug-likeness (QED) is 0.241. The summed E-state index contributed by atoms with van der Waals surface area (Å²) in [6.07, 6.45) is 0. The van der Waals surface area contributed by atoms with Gasteiger partial charge in [0.15, 0.2) is 0 Å². The van der Waals surface area contributed by atoms with E-state index in [1.807, 2.05) is 11.9 Å². The summed E-state index contributed by atoms with van der Waals surface area (Å²) >= 11 is 0.